The summed E-state index contributed by atoms with van der Waals surface area (Å²) in [5.74, 6) is -0.133. The number of aromatic nitrogens is 2. The van der Waals surface area contributed by atoms with E-state index in [1.54, 1.807) is 35.0 Å². The largest absolute Gasteiger partial charge is 0.435 e. The topological polar surface area (TPSA) is 36.3 Å². The summed E-state index contributed by atoms with van der Waals surface area (Å²) in [6.07, 6.45) is 0. The highest BCUT2D eigenvalue weighted by molar-refractivity contribution is 6.42. The number of hydrogen-bond acceptors (Lipinski definition) is 3. The van der Waals surface area contributed by atoms with Gasteiger partial charge in [0.15, 0.2) is 0 Å². The van der Waals surface area contributed by atoms with Gasteiger partial charge in [-0.2, -0.15) is 22.7 Å². The smallest absolute Gasteiger partial charge is 0.387 e. The van der Waals surface area contributed by atoms with Crippen LogP contribution < -0.4 is 9.47 Å². The normalized spacial score (nSPS) is 11.3. The molecule has 0 atom stereocenters. The molecule has 0 aliphatic rings. The molecule has 0 saturated carbocycles. The minimum absolute atomic E-state index is 0.0651. The molecule has 1 heterocycles. The molecule has 11 heteroatoms. The van der Waals surface area contributed by atoms with E-state index in [1.165, 1.54) is 36.4 Å². The van der Waals surface area contributed by atoms with Gasteiger partial charge < -0.3 is 9.47 Å². The van der Waals surface area contributed by atoms with Crippen LogP contribution in [-0.2, 0) is 6.54 Å². The lowest BCUT2D eigenvalue weighted by Crippen LogP contribution is -2.05. The fourth-order valence-corrected chi connectivity index (χ4v) is 4.14. The maximum Gasteiger partial charge on any atom is 0.387 e. The Kier molecular flexibility index (Phi) is 7.74. The van der Waals surface area contributed by atoms with Crippen LogP contribution in [0.2, 0.25) is 15.1 Å². The number of hydrogen-bond donors (Lipinski definition) is 0. The Morgan fingerprint density at radius 1 is 0.743 bits per heavy atom. The third-order valence-electron chi connectivity index (χ3n) is 4.88. The first-order valence-electron chi connectivity index (χ1n) is 10.0. The summed E-state index contributed by atoms with van der Waals surface area (Å²) in [6, 6.07) is 16.9. The van der Waals surface area contributed by atoms with E-state index in [9.17, 15) is 17.6 Å². The molecule has 0 aliphatic heterocycles. The first-order chi connectivity index (χ1) is 16.7. The number of alkyl halides is 4. The predicted octanol–water partition coefficient (Wildman–Crippen LogP) is 8.43. The molecule has 0 unspecified atom stereocenters. The van der Waals surface area contributed by atoms with E-state index < -0.39 is 13.2 Å². The Hall–Kier alpha value is -2.94. The first kappa shape index (κ1) is 25.2. The van der Waals surface area contributed by atoms with Gasteiger partial charge >= 0.3 is 13.2 Å². The van der Waals surface area contributed by atoms with Gasteiger partial charge in [0.2, 0.25) is 0 Å². The van der Waals surface area contributed by atoms with Crippen molar-refractivity contribution in [3.8, 4) is 34.0 Å². The van der Waals surface area contributed by atoms with E-state index in [0.29, 0.717) is 26.9 Å². The molecule has 35 heavy (non-hydrogen) atoms. The summed E-state index contributed by atoms with van der Waals surface area (Å²) in [4.78, 5) is 0. The zero-order valence-corrected chi connectivity index (χ0v) is 19.8. The predicted molar refractivity (Wildman–Crippen MR) is 127 cm³/mol. The molecule has 0 aliphatic carbocycles. The minimum Gasteiger partial charge on any atom is -0.435 e. The molecule has 4 rings (SSSR count). The number of rotatable bonds is 8. The molecule has 0 radical (unpaired) electrons. The Labute approximate surface area is 212 Å². The summed E-state index contributed by atoms with van der Waals surface area (Å²) in [5.41, 5.74) is 2.28. The van der Waals surface area contributed by atoms with Crippen LogP contribution in [0.1, 0.15) is 5.56 Å². The number of nitrogens with zero attached hydrogens (tertiary/aromatic N) is 2. The van der Waals surface area contributed by atoms with Gasteiger partial charge in [0.25, 0.3) is 0 Å². The molecule has 3 aromatic carbocycles. The molecule has 0 amide bonds. The van der Waals surface area contributed by atoms with E-state index in [4.69, 9.17) is 34.8 Å². The van der Waals surface area contributed by atoms with E-state index in [2.05, 4.69) is 14.6 Å². The van der Waals surface area contributed by atoms with Crippen molar-refractivity contribution in [3.63, 3.8) is 0 Å². The monoisotopic (exact) mass is 544 g/mol. The van der Waals surface area contributed by atoms with Gasteiger partial charge in [-0.25, -0.2) is 0 Å². The molecule has 0 fully saturated rings. The van der Waals surface area contributed by atoms with Gasteiger partial charge in [0.1, 0.15) is 17.2 Å². The maximum atomic E-state index is 12.8. The molecular weight excluding hydrogens is 531 g/mol. The highest BCUT2D eigenvalue weighted by Gasteiger charge is 2.21. The van der Waals surface area contributed by atoms with Gasteiger partial charge in [-0.1, -0.05) is 65.1 Å². The zero-order chi connectivity index (χ0) is 25.1. The van der Waals surface area contributed by atoms with Crippen LogP contribution in [-0.4, -0.2) is 23.0 Å². The summed E-state index contributed by atoms with van der Waals surface area (Å²) in [5, 5.41) is 5.48. The zero-order valence-electron chi connectivity index (χ0n) is 17.6. The van der Waals surface area contributed by atoms with E-state index in [0.717, 1.165) is 5.56 Å². The Bertz CT molecular complexity index is 1350. The van der Waals surface area contributed by atoms with Gasteiger partial charge in [-0.15, -0.1) is 0 Å². The molecule has 4 nitrogen and oxygen atoms in total. The third-order valence-corrected chi connectivity index (χ3v) is 5.97. The van der Waals surface area contributed by atoms with Crippen molar-refractivity contribution in [3.05, 3.63) is 87.4 Å². The Balaban J connectivity index is 1.83. The highest BCUT2D eigenvalue weighted by Crippen LogP contribution is 2.39. The summed E-state index contributed by atoms with van der Waals surface area (Å²) in [6.45, 7) is -5.81. The Morgan fingerprint density at radius 3 is 1.94 bits per heavy atom. The average molecular weight is 546 g/mol. The first-order valence-corrected chi connectivity index (χ1v) is 11.2. The van der Waals surface area contributed by atoms with E-state index in [1.807, 2.05) is 0 Å². The van der Waals surface area contributed by atoms with Gasteiger partial charge in [-0.3, -0.25) is 4.68 Å². The number of benzene rings is 3. The lowest BCUT2D eigenvalue weighted by Gasteiger charge is -2.11. The second kappa shape index (κ2) is 10.8. The average Bonchev–Trinajstić information content (AvgIpc) is 3.11. The molecule has 0 N–H and O–H groups in total. The van der Waals surface area contributed by atoms with Gasteiger partial charge in [0.05, 0.1) is 27.3 Å². The molecule has 182 valence electrons. The summed E-state index contributed by atoms with van der Waals surface area (Å²) in [7, 11) is 0. The Morgan fingerprint density at radius 2 is 1.34 bits per heavy atom. The lowest BCUT2D eigenvalue weighted by molar-refractivity contribution is -0.0505. The molecule has 0 saturated heterocycles. The summed E-state index contributed by atoms with van der Waals surface area (Å²) < 4.78 is 61.5. The van der Waals surface area contributed by atoms with Crippen LogP contribution in [0.15, 0.2) is 66.7 Å². The molecule has 0 bridgehead atoms. The highest BCUT2D eigenvalue weighted by atomic mass is 35.5. The van der Waals surface area contributed by atoms with Crippen LogP contribution in [0.4, 0.5) is 17.6 Å². The van der Waals surface area contributed by atoms with Crippen LogP contribution in [0.5, 0.6) is 11.5 Å². The van der Waals surface area contributed by atoms with E-state index in [-0.39, 0.29) is 28.8 Å². The second-order valence-corrected chi connectivity index (χ2v) is 8.42. The van der Waals surface area contributed by atoms with Gasteiger partial charge in [0, 0.05) is 11.1 Å². The number of halogens is 7. The second-order valence-electron chi connectivity index (χ2n) is 7.23. The molecule has 0 spiro atoms. The minimum atomic E-state index is -3.00. The molecule has 1 aromatic heterocycles. The van der Waals surface area contributed by atoms with Crippen LogP contribution in [0.3, 0.4) is 0 Å². The van der Waals surface area contributed by atoms with Crippen LogP contribution in [0.25, 0.3) is 22.5 Å². The SMILES string of the molecule is FC(F)Oc1cccc(-c2nn(Cc3ccc(Cl)c(Cl)c3)c(-c3cccc(OC(F)F)c3)c2Cl)c1. The van der Waals surface area contributed by atoms with Gasteiger partial charge in [-0.05, 0) is 42.0 Å². The van der Waals surface area contributed by atoms with Crippen LogP contribution in [0, 0.1) is 0 Å². The fraction of sp³-hybridized carbons (Fsp3) is 0.125. The third kappa shape index (κ3) is 6.01. The standard InChI is InChI=1S/C24H15Cl3F4N2O2/c25-18-8-7-13(9-19(18)26)12-33-22(15-4-2-6-17(11-15)35-24(30)31)20(27)21(32-33)14-3-1-5-16(10-14)34-23(28)29/h1-11,23-24H,12H2. The fourth-order valence-electron chi connectivity index (χ4n) is 3.46. The molecule has 4 aromatic rings. The summed E-state index contributed by atoms with van der Waals surface area (Å²) >= 11 is 18.9. The van der Waals surface area contributed by atoms with E-state index >= 15 is 0 Å². The van der Waals surface area contributed by atoms with Crippen molar-refractivity contribution in [1.82, 2.24) is 9.78 Å². The quantitative estimate of drug-likeness (QED) is 0.209. The van der Waals surface area contributed by atoms with Crippen LogP contribution >= 0.6 is 34.8 Å². The molecular formula is C24H15Cl3F4N2O2. The van der Waals surface area contributed by atoms with Crippen molar-refractivity contribution in [2.45, 2.75) is 19.8 Å². The van der Waals surface area contributed by atoms with Crippen molar-refractivity contribution in [2.75, 3.05) is 0 Å². The van der Waals surface area contributed by atoms with Crippen molar-refractivity contribution >= 4 is 34.8 Å². The van der Waals surface area contributed by atoms with Crippen molar-refractivity contribution in [2.24, 2.45) is 0 Å². The van der Waals surface area contributed by atoms with Crippen molar-refractivity contribution in [1.29, 1.82) is 0 Å². The lowest BCUT2D eigenvalue weighted by atomic mass is 10.1. The maximum absolute atomic E-state index is 12.8. The van der Waals surface area contributed by atoms with Crippen molar-refractivity contribution < 1.29 is 27.0 Å². The number of ether oxygens (including phenoxy) is 2.